The van der Waals surface area contributed by atoms with E-state index in [1.165, 1.54) is 30.3 Å². The average molecular weight is 273 g/mol. The predicted molar refractivity (Wildman–Crippen MR) is 55.2 cm³/mol. The molecule has 20 heavy (non-hydrogen) atoms. The minimum absolute atomic E-state index is 0.654. The summed E-state index contributed by atoms with van der Waals surface area (Å²) in [6, 6.07) is 6.62. The maximum atomic E-state index is 13.0. The van der Waals surface area contributed by atoms with Gasteiger partial charge in [-0.05, 0) is 0 Å². The van der Waals surface area contributed by atoms with E-state index in [4.69, 9.17) is 26.3 Å². The van der Waals surface area contributed by atoms with Crippen LogP contribution in [-0.2, 0) is 0 Å². The highest BCUT2D eigenvalue weighted by molar-refractivity contribution is 5.65. The van der Waals surface area contributed by atoms with Gasteiger partial charge in [0, 0.05) is 0 Å². The molecular weight excluding hydrogens is 271 g/mol. The Hall–Kier alpha value is -3.28. The molecule has 2 atom stereocenters. The Morgan fingerprint density at radius 3 is 1.50 bits per heavy atom. The van der Waals surface area contributed by atoms with Gasteiger partial charge in [-0.1, -0.05) is 0 Å². The molecule has 0 radical (unpaired) electrons. The van der Waals surface area contributed by atoms with Gasteiger partial charge in [0.25, 0.3) is 0 Å². The lowest BCUT2D eigenvalue weighted by Crippen LogP contribution is -2.35. The summed E-state index contributed by atoms with van der Waals surface area (Å²) >= 11 is 0. The van der Waals surface area contributed by atoms with Gasteiger partial charge in [-0.2, -0.15) is 39.5 Å². The molecule has 0 bridgehead atoms. The zero-order chi connectivity index (χ0) is 15.5. The van der Waals surface area contributed by atoms with Gasteiger partial charge in [-0.25, -0.2) is 0 Å². The minimum atomic E-state index is -4.99. The second-order valence-corrected chi connectivity index (χ2v) is 3.65. The van der Waals surface area contributed by atoms with Crippen LogP contribution in [0.1, 0.15) is 0 Å². The first-order valence-corrected chi connectivity index (χ1v) is 4.92. The molecule has 1 aliphatic carbocycles. The molecule has 0 amide bonds. The maximum absolute atomic E-state index is 13.0. The number of halogens is 3. The molecule has 0 fully saturated rings. The quantitative estimate of drug-likeness (QED) is 0.668. The zero-order valence-electron chi connectivity index (χ0n) is 9.52. The number of nitriles is 5. The van der Waals surface area contributed by atoms with E-state index in [2.05, 4.69) is 0 Å². The van der Waals surface area contributed by atoms with Crippen molar-refractivity contribution in [3.8, 4) is 30.3 Å². The van der Waals surface area contributed by atoms with Gasteiger partial charge in [0.15, 0.2) is 0 Å². The summed E-state index contributed by atoms with van der Waals surface area (Å²) in [6.45, 7) is 0. The molecule has 0 aromatic heterocycles. The summed E-state index contributed by atoms with van der Waals surface area (Å²) in [4.78, 5) is 0. The second-order valence-electron chi connectivity index (χ2n) is 3.65. The highest BCUT2D eigenvalue weighted by atomic mass is 19.4. The minimum Gasteiger partial charge on any atom is -0.198 e. The Kier molecular flexibility index (Phi) is 3.81. The fraction of sp³-hybridized carbons (Fsp3) is 0.250. The molecule has 5 nitrogen and oxygen atoms in total. The van der Waals surface area contributed by atoms with Crippen molar-refractivity contribution in [3.63, 3.8) is 0 Å². The number of hydrogen-bond acceptors (Lipinski definition) is 5. The SMILES string of the molecule is N#CC1=C(C#N)C(C(F)(F)F)[C@@H](C#N)C(C#N)=C1C#N. The molecule has 0 N–H and O–H groups in total. The van der Waals surface area contributed by atoms with Crippen LogP contribution in [0.3, 0.4) is 0 Å². The maximum Gasteiger partial charge on any atom is 0.398 e. The van der Waals surface area contributed by atoms with Crippen LogP contribution < -0.4 is 0 Å². The summed E-state index contributed by atoms with van der Waals surface area (Å²) < 4.78 is 39.0. The van der Waals surface area contributed by atoms with Crippen molar-refractivity contribution in [1.29, 1.82) is 26.3 Å². The van der Waals surface area contributed by atoms with Crippen molar-refractivity contribution in [2.75, 3.05) is 0 Å². The average Bonchev–Trinajstić information content (AvgIpc) is 2.42. The van der Waals surface area contributed by atoms with E-state index >= 15 is 0 Å². The monoisotopic (exact) mass is 273 g/mol. The van der Waals surface area contributed by atoms with Crippen molar-refractivity contribution in [2.45, 2.75) is 6.18 Å². The number of rotatable bonds is 0. The van der Waals surface area contributed by atoms with Gasteiger partial charge in [-0.3, -0.25) is 0 Å². The van der Waals surface area contributed by atoms with E-state index in [1.807, 2.05) is 0 Å². The van der Waals surface area contributed by atoms with E-state index < -0.39 is 40.3 Å². The molecule has 1 unspecified atom stereocenters. The van der Waals surface area contributed by atoms with E-state index in [0.717, 1.165) is 0 Å². The smallest absolute Gasteiger partial charge is 0.198 e. The first kappa shape index (κ1) is 14.8. The largest absolute Gasteiger partial charge is 0.398 e. The lowest BCUT2D eigenvalue weighted by atomic mass is 9.72. The van der Waals surface area contributed by atoms with E-state index in [9.17, 15) is 13.2 Å². The van der Waals surface area contributed by atoms with Crippen LogP contribution in [0.4, 0.5) is 13.2 Å². The second kappa shape index (κ2) is 5.15. The Bertz CT molecular complexity index is 722. The van der Waals surface area contributed by atoms with E-state index in [1.54, 1.807) is 0 Å². The van der Waals surface area contributed by atoms with Gasteiger partial charge in [-0.15, -0.1) is 0 Å². The lowest BCUT2D eigenvalue weighted by Gasteiger charge is -2.28. The molecule has 0 heterocycles. The third kappa shape index (κ3) is 2.05. The van der Waals surface area contributed by atoms with Crippen LogP contribution in [0.5, 0.6) is 0 Å². The Labute approximate surface area is 111 Å². The molecule has 0 aromatic carbocycles. The van der Waals surface area contributed by atoms with Crippen molar-refractivity contribution >= 4 is 0 Å². The summed E-state index contributed by atoms with van der Waals surface area (Å²) in [5, 5.41) is 44.2. The van der Waals surface area contributed by atoms with Gasteiger partial charge in [0.05, 0.1) is 46.4 Å². The fourth-order valence-electron chi connectivity index (χ4n) is 1.89. The lowest BCUT2D eigenvalue weighted by molar-refractivity contribution is -0.169. The molecule has 8 heteroatoms. The highest BCUT2D eigenvalue weighted by Crippen LogP contribution is 2.46. The van der Waals surface area contributed by atoms with Crippen LogP contribution >= 0.6 is 0 Å². The molecule has 0 aliphatic heterocycles. The van der Waals surface area contributed by atoms with Crippen LogP contribution in [0.15, 0.2) is 22.3 Å². The number of hydrogen-bond donors (Lipinski definition) is 0. The van der Waals surface area contributed by atoms with Crippen LogP contribution in [-0.4, -0.2) is 6.18 Å². The molecule has 96 valence electrons. The molecule has 0 saturated carbocycles. The molecule has 0 aromatic rings. The predicted octanol–water partition coefficient (Wildman–Crippen LogP) is 2.01. The standard InChI is InChI=1S/C12H2F3N5/c13-12(14,15)11-9(4-19)7(2-17)6(1-16)8(3-18)10(11)5-20/h9,11H/t9-,11?/m0/s1. The summed E-state index contributed by atoms with van der Waals surface area (Å²) in [6.07, 6.45) is -4.99. The van der Waals surface area contributed by atoms with E-state index in [0.29, 0.717) is 0 Å². The number of allylic oxidation sites excluding steroid dienone is 4. The Balaban J connectivity index is 3.85. The first-order valence-electron chi connectivity index (χ1n) is 4.92. The topological polar surface area (TPSA) is 119 Å². The summed E-state index contributed by atoms with van der Waals surface area (Å²) in [5.74, 6) is -4.60. The molecule has 0 spiro atoms. The third-order valence-electron chi connectivity index (χ3n) is 2.70. The molecule has 1 rings (SSSR count). The molecular formula is C12H2F3N5. The Morgan fingerprint density at radius 2 is 1.20 bits per heavy atom. The van der Waals surface area contributed by atoms with Gasteiger partial charge < -0.3 is 0 Å². The third-order valence-corrected chi connectivity index (χ3v) is 2.70. The normalized spacial score (nSPS) is 22.1. The van der Waals surface area contributed by atoms with Gasteiger partial charge in [0.1, 0.15) is 18.1 Å². The summed E-state index contributed by atoms with van der Waals surface area (Å²) in [5.41, 5.74) is -3.21. The van der Waals surface area contributed by atoms with Crippen molar-refractivity contribution in [1.82, 2.24) is 0 Å². The van der Waals surface area contributed by atoms with Crippen LogP contribution in [0.25, 0.3) is 0 Å². The van der Waals surface area contributed by atoms with E-state index in [-0.39, 0.29) is 0 Å². The van der Waals surface area contributed by atoms with Crippen molar-refractivity contribution in [2.24, 2.45) is 11.8 Å². The van der Waals surface area contributed by atoms with Crippen molar-refractivity contribution < 1.29 is 13.2 Å². The molecule has 1 aliphatic rings. The van der Waals surface area contributed by atoms with Crippen LogP contribution in [0, 0.1) is 68.5 Å². The van der Waals surface area contributed by atoms with Gasteiger partial charge in [0.2, 0.25) is 0 Å². The zero-order valence-corrected chi connectivity index (χ0v) is 9.52. The first-order chi connectivity index (χ1) is 9.37. The fourth-order valence-corrected chi connectivity index (χ4v) is 1.89. The van der Waals surface area contributed by atoms with Crippen LogP contribution in [0.2, 0.25) is 0 Å². The molecule has 0 saturated heterocycles. The Morgan fingerprint density at radius 1 is 0.750 bits per heavy atom. The number of nitrogens with zero attached hydrogens (tertiary/aromatic N) is 5. The highest BCUT2D eigenvalue weighted by Gasteiger charge is 2.53. The number of alkyl halides is 3. The summed E-state index contributed by atoms with van der Waals surface area (Å²) in [7, 11) is 0. The van der Waals surface area contributed by atoms with Gasteiger partial charge >= 0.3 is 6.18 Å². The van der Waals surface area contributed by atoms with Crippen molar-refractivity contribution in [3.05, 3.63) is 22.3 Å².